The van der Waals surface area contributed by atoms with Gasteiger partial charge in [0.1, 0.15) is 17.5 Å². The van der Waals surface area contributed by atoms with E-state index in [0.717, 1.165) is 17.2 Å². The molecule has 2 aliphatic rings. The van der Waals surface area contributed by atoms with Gasteiger partial charge in [-0.1, -0.05) is 19.1 Å². The van der Waals surface area contributed by atoms with E-state index in [1.54, 1.807) is 13.0 Å². The molecule has 5 nitrogen and oxygen atoms in total. The molecule has 0 aliphatic carbocycles. The van der Waals surface area contributed by atoms with Crippen LogP contribution < -0.4 is 5.32 Å². The molecule has 40 heavy (non-hydrogen) atoms. The van der Waals surface area contributed by atoms with Crippen molar-refractivity contribution in [1.82, 2.24) is 15.1 Å². The summed E-state index contributed by atoms with van der Waals surface area (Å²) in [5, 5.41) is 2.95. The number of carbonyl (C=O) groups excluding carboxylic acids is 2. The molecule has 3 atom stereocenters. The summed E-state index contributed by atoms with van der Waals surface area (Å²) in [5.41, 5.74) is 2.58. The van der Waals surface area contributed by atoms with Gasteiger partial charge < -0.3 is 10.2 Å². The number of amides is 2. The van der Waals surface area contributed by atoms with Crippen molar-refractivity contribution in [2.75, 3.05) is 26.2 Å². The van der Waals surface area contributed by atoms with Gasteiger partial charge in [-0.3, -0.25) is 14.5 Å². The Balaban J connectivity index is 1.55. The molecule has 0 aromatic heterocycles. The molecule has 0 bridgehead atoms. The van der Waals surface area contributed by atoms with E-state index in [-0.39, 0.29) is 41.0 Å². The predicted octanol–water partition coefficient (Wildman–Crippen LogP) is 6.22. The standard InChI is InChI=1S/C32H42F3N3O2/c1-7-30(36-20(3)39)25-16-28(34)19(2)14-24(25)21-10-12-37(13-11-21)31(40)27-18-38(32(4,5)6)17-26(27)23-9-8-22(33)15-29(23)35/h8-9,14-16,21,26-27,30H,7,10-13,17-18H2,1-6H3,(H,36,39)/t26-,27?,30?/m0/s1. The summed E-state index contributed by atoms with van der Waals surface area (Å²) in [6.45, 7) is 13.5. The first-order valence-electron chi connectivity index (χ1n) is 14.4. The number of piperidine rings is 1. The second-order valence-corrected chi connectivity index (χ2v) is 12.4. The molecule has 2 fully saturated rings. The Morgan fingerprint density at radius 1 is 1.00 bits per heavy atom. The Kier molecular flexibility index (Phi) is 8.98. The lowest BCUT2D eigenvalue weighted by Crippen LogP contribution is -2.44. The summed E-state index contributed by atoms with van der Waals surface area (Å²) in [4.78, 5) is 29.8. The SMILES string of the molecule is CCC(NC(C)=O)c1cc(F)c(C)cc1C1CCN(C(=O)C2CN(C(C)(C)C)C[C@H]2c2ccc(F)cc2F)CC1. The number of carbonyl (C=O) groups is 2. The van der Waals surface area contributed by atoms with Crippen molar-refractivity contribution < 1.29 is 22.8 Å². The zero-order chi connectivity index (χ0) is 29.4. The molecule has 0 spiro atoms. The van der Waals surface area contributed by atoms with Crippen molar-refractivity contribution in [3.63, 3.8) is 0 Å². The number of hydrogen-bond acceptors (Lipinski definition) is 3. The Labute approximate surface area is 236 Å². The van der Waals surface area contributed by atoms with Crippen LogP contribution in [0.1, 0.15) is 94.0 Å². The van der Waals surface area contributed by atoms with E-state index in [0.29, 0.717) is 56.6 Å². The second kappa shape index (κ2) is 11.9. The number of nitrogens with zero attached hydrogens (tertiary/aromatic N) is 2. The first-order valence-corrected chi connectivity index (χ1v) is 14.4. The normalized spacial score (nSPS) is 21.5. The number of hydrogen-bond donors (Lipinski definition) is 1. The summed E-state index contributed by atoms with van der Waals surface area (Å²) in [6, 6.07) is 6.80. The number of nitrogens with one attached hydrogen (secondary N) is 1. The average molecular weight is 558 g/mol. The van der Waals surface area contributed by atoms with Crippen molar-refractivity contribution in [2.45, 2.75) is 84.2 Å². The Morgan fingerprint density at radius 2 is 1.68 bits per heavy atom. The number of benzene rings is 2. The van der Waals surface area contributed by atoms with Crippen LogP contribution in [0.3, 0.4) is 0 Å². The molecule has 8 heteroatoms. The van der Waals surface area contributed by atoms with E-state index in [1.807, 2.05) is 17.9 Å². The molecule has 2 unspecified atom stereocenters. The van der Waals surface area contributed by atoms with Crippen molar-refractivity contribution in [3.05, 3.63) is 70.0 Å². The van der Waals surface area contributed by atoms with Gasteiger partial charge >= 0.3 is 0 Å². The number of likely N-dealkylation sites (tertiary alicyclic amines) is 2. The topological polar surface area (TPSA) is 52.7 Å². The highest BCUT2D eigenvalue weighted by Crippen LogP contribution is 2.40. The molecule has 0 radical (unpaired) electrons. The van der Waals surface area contributed by atoms with Crippen LogP contribution >= 0.6 is 0 Å². The largest absolute Gasteiger partial charge is 0.350 e. The predicted molar refractivity (Wildman–Crippen MR) is 150 cm³/mol. The van der Waals surface area contributed by atoms with Gasteiger partial charge in [-0.25, -0.2) is 13.2 Å². The third kappa shape index (κ3) is 6.37. The first kappa shape index (κ1) is 30.1. The van der Waals surface area contributed by atoms with Crippen LogP contribution in [0, 0.1) is 30.3 Å². The number of rotatable bonds is 6. The maximum atomic E-state index is 14.9. The van der Waals surface area contributed by atoms with Gasteiger partial charge in [0, 0.05) is 50.6 Å². The highest BCUT2D eigenvalue weighted by molar-refractivity contribution is 5.81. The number of aryl methyl sites for hydroxylation is 1. The minimum atomic E-state index is -0.629. The first-order chi connectivity index (χ1) is 18.8. The lowest BCUT2D eigenvalue weighted by molar-refractivity contribution is -0.136. The fourth-order valence-electron chi connectivity index (χ4n) is 6.38. The van der Waals surface area contributed by atoms with Crippen molar-refractivity contribution in [3.8, 4) is 0 Å². The smallest absolute Gasteiger partial charge is 0.227 e. The van der Waals surface area contributed by atoms with E-state index < -0.39 is 17.6 Å². The molecule has 2 aliphatic heterocycles. The summed E-state index contributed by atoms with van der Waals surface area (Å²) >= 11 is 0. The molecule has 2 aromatic carbocycles. The minimum absolute atomic E-state index is 0.000818. The van der Waals surface area contributed by atoms with Crippen molar-refractivity contribution >= 4 is 11.8 Å². The summed E-state index contributed by atoms with van der Waals surface area (Å²) < 4.78 is 43.2. The van der Waals surface area contributed by atoms with Gasteiger partial charge in [-0.2, -0.15) is 0 Å². The molecule has 2 heterocycles. The molecule has 1 N–H and O–H groups in total. The maximum Gasteiger partial charge on any atom is 0.227 e. The molecule has 0 saturated carbocycles. The molecular formula is C32H42F3N3O2. The quantitative estimate of drug-likeness (QED) is 0.459. The lowest BCUT2D eigenvalue weighted by atomic mass is 9.82. The van der Waals surface area contributed by atoms with Crippen molar-refractivity contribution in [1.29, 1.82) is 0 Å². The van der Waals surface area contributed by atoms with E-state index in [9.17, 15) is 22.8 Å². The molecule has 4 rings (SSSR count). The molecule has 2 aromatic rings. The van der Waals surface area contributed by atoms with Gasteiger partial charge in [0.05, 0.1) is 12.0 Å². The highest BCUT2D eigenvalue weighted by Gasteiger charge is 2.45. The zero-order valence-corrected chi connectivity index (χ0v) is 24.5. The van der Waals surface area contributed by atoms with E-state index in [2.05, 4.69) is 31.0 Å². The highest BCUT2D eigenvalue weighted by atomic mass is 19.1. The second-order valence-electron chi connectivity index (χ2n) is 12.4. The van der Waals surface area contributed by atoms with Gasteiger partial charge in [0.15, 0.2) is 0 Å². The van der Waals surface area contributed by atoms with Crippen LogP contribution in [0.25, 0.3) is 0 Å². The van der Waals surface area contributed by atoms with Crippen LogP contribution in [0.2, 0.25) is 0 Å². The lowest BCUT2D eigenvalue weighted by Gasteiger charge is -2.36. The monoisotopic (exact) mass is 557 g/mol. The fraction of sp³-hybridized carbons (Fsp3) is 0.562. The van der Waals surface area contributed by atoms with E-state index in [1.165, 1.54) is 19.1 Å². The van der Waals surface area contributed by atoms with Crippen molar-refractivity contribution in [2.24, 2.45) is 5.92 Å². The average Bonchev–Trinajstić information content (AvgIpc) is 3.34. The van der Waals surface area contributed by atoms with Gasteiger partial charge in [0.25, 0.3) is 0 Å². The van der Waals surface area contributed by atoms with E-state index in [4.69, 9.17) is 0 Å². The van der Waals surface area contributed by atoms with Crippen LogP contribution in [0.4, 0.5) is 13.2 Å². The third-order valence-electron chi connectivity index (χ3n) is 8.72. The summed E-state index contributed by atoms with van der Waals surface area (Å²) in [7, 11) is 0. The van der Waals surface area contributed by atoms with Crippen LogP contribution in [0.15, 0.2) is 30.3 Å². The molecule has 218 valence electrons. The summed E-state index contributed by atoms with van der Waals surface area (Å²) in [6.07, 6.45) is 2.07. The van der Waals surface area contributed by atoms with Gasteiger partial charge in [-0.15, -0.1) is 0 Å². The summed E-state index contributed by atoms with van der Waals surface area (Å²) in [5.74, 6) is -2.36. The zero-order valence-electron chi connectivity index (χ0n) is 24.5. The Bertz CT molecular complexity index is 1250. The van der Waals surface area contributed by atoms with Crippen LogP contribution in [-0.2, 0) is 9.59 Å². The van der Waals surface area contributed by atoms with Crippen LogP contribution in [0.5, 0.6) is 0 Å². The Hall–Kier alpha value is -2.87. The minimum Gasteiger partial charge on any atom is -0.350 e. The Morgan fingerprint density at radius 3 is 2.25 bits per heavy atom. The molecule has 2 saturated heterocycles. The van der Waals surface area contributed by atoms with Gasteiger partial charge in [0.2, 0.25) is 11.8 Å². The van der Waals surface area contributed by atoms with E-state index >= 15 is 0 Å². The maximum absolute atomic E-state index is 14.9. The molecular weight excluding hydrogens is 515 g/mol. The number of halogens is 3. The van der Waals surface area contributed by atoms with Crippen LogP contribution in [-0.4, -0.2) is 53.3 Å². The molecule has 2 amide bonds. The fourth-order valence-corrected chi connectivity index (χ4v) is 6.38. The third-order valence-corrected chi connectivity index (χ3v) is 8.72. The van der Waals surface area contributed by atoms with Gasteiger partial charge in [-0.05, 0) is 87.3 Å².